The van der Waals surface area contributed by atoms with E-state index in [9.17, 15) is 14.9 Å². The van der Waals surface area contributed by atoms with Crippen molar-refractivity contribution in [1.29, 1.82) is 0 Å². The van der Waals surface area contributed by atoms with Gasteiger partial charge in [0.15, 0.2) is 5.82 Å². The molecule has 1 aliphatic heterocycles. The lowest BCUT2D eigenvalue weighted by Crippen LogP contribution is -2.39. The van der Waals surface area contributed by atoms with Crippen LogP contribution in [0.1, 0.15) is 18.5 Å². The molecule has 0 radical (unpaired) electrons. The average Bonchev–Trinajstić information content (AvgIpc) is 3.16. The van der Waals surface area contributed by atoms with Crippen LogP contribution >= 0.6 is 11.8 Å². The molecular formula is C18H16N6O4S. The lowest BCUT2D eigenvalue weighted by molar-refractivity contribution is -0.384. The Morgan fingerprint density at radius 2 is 2.10 bits per heavy atom. The number of nitrogens with one attached hydrogen (secondary N) is 1. The van der Waals surface area contributed by atoms with Crippen molar-refractivity contribution in [3.63, 3.8) is 0 Å². The molecule has 10 nitrogen and oxygen atoms in total. The number of pyridine rings is 1. The van der Waals surface area contributed by atoms with Crippen molar-refractivity contribution in [2.24, 2.45) is 0 Å². The van der Waals surface area contributed by atoms with Crippen LogP contribution in [0.3, 0.4) is 0 Å². The van der Waals surface area contributed by atoms with Gasteiger partial charge in [-0.2, -0.15) is 0 Å². The molecule has 3 aromatic rings. The van der Waals surface area contributed by atoms with E-state index >= 15 is 0 Å². The van der Waals surface area contributed by atoms with Crippen LogP contribution in [0.2, 0.25) is 0 Å². The quantitative estimate of drug-likeness (QED) is 0.382. The SMILES string of the molecule is CCOC(=O)[C@@H]1Sc2nnc(-c3cccnc3)n2N[C@@H]1c1ccc([N+](=O)[O-])cc1. The van der Waals surface area contributed by atoms with Crippen molar-refractivity contribution >= 4 is 23.4 Å². The van der Waals surface area contributed by atoms with Crippen LogP contribution in [-0.4, -0.2) is 42.6 Å². The predicted molar refractivity (Wildman–Crippen MR) is 105 cm³/mol. The smallest absolute Gasteiger partial charge is 0.322 e. The van der Waals surface area contributed by atoms with Gasteiger partial charge in [-0.3, -0.25) is 19.9 Å². The number of thioether (sulfide) groups is 1. The number of aromatic nitrogens is 4. The average molecular weight is 412 g/mol. The summed E-state index contributed by atoms with van der Waals surface area (Å²) in [7, 11) is 0. The number of rotatable bonds is 5. The molecular weight excluding hydrogens is 396 g/mol. The first-order valence-electron chi connectivity index (χ1n) is 8.78. The van der Waals surface area contributed by atoms with Gasteiger partial charge in [0, 0.05) is 30.1 Å². The highest BCUT2D eigenvalue weighted by molar-refractivity contribution is 8.00. The van der Waals surface area contributed by atoms with Crippen molar-refractivity contribution in [2.75, 3.05) is 12.0 Å². The van der Waals surface area contributed by atoms with Gasteiger partial charge in [0.1, 0.15) is 5.25 Å². The van der Waals surface area contributed by atoms with Crippen LogP contribution in [0.25, 0.3) is 11.4 Å². The van der Waals surface area contributed by atoms with Crippen LogP contribution < -0.4 is 5.43 Å². The second-order valence-corrected chi connectivity index (χ2v) is 7.24. The van der Waals surface area contributed by atoms with Gasteiger partial charge in [0.25, 0.3) is 5.69 Å². The zero-order chi connectivity index (χ0) is 20.4. The third kappa shape index (κ3) is 3.63. The van der Waals surface area contributed by atoms with E-state index in [1.165, 1.54) is 23.9 Å². The maximum Gasteiger partial charge on any atom is 0.322 e. The molecule has 1 aromatic carbocycles. The number of esters is 1. The predicted octanol–water partition coefficient (Wildman–Crippen LogP) is 2.57. The number of ether oxygens (including phenoxy) is 1. The normalized spacial score (nSPS) is 17.8. The molecule has 148 valence electrons. The summed E-state index contributed by atoms with van der Waals surface area (Å²) in [6.07, 6.45) is 3.33. The number of carbonyl (C=O) groups is 1. The Bertz CT molecular complexity index is 1040. The second-order valence-electron chi connectivity index (χ2n) is 6.13. The fraction of sp³-hybridized carbons (Fsp3) is 0.222. The molecule has 1 N–H and O–H groups in total. The summed E-state index contributed by atoms with van der Waals surface area (Å²) < 4.78 is 6.92. The van der Waals surface area contributed by atoms with E-state index in [1.807, 2.05) is 6.07 Å². The van der Waals surface area contributed by atoms with E-state index < -0.39 is 22.2 Å². The molecule has 2 aromatic heterocycles. The van der Waals surface area contributed by atoms with E-state index in [0.29, 0.717) is 16.5 Å². The van der Waals surface area contributed by atoms with Gasteiger partial charge < -0.3 is 10.2 Å². The van der Waals surface area contributed by atoms with Crippen molar-refractivity contribution in [1.82, 2.24) is 19.9 Å². The van der Waals surface area contributed by atoms with E-state index in [2.05, 4.69) is 20.6 Å². The zero-order valence-corrected chi connectivity index (χ0v) is 16.1. The molecule has 29 heavy (non-hydrogen) atoms. The molecule has 0 saturated carbocycles. The molecule has 0 bridgehead atoms. The van der Waals surface area contributed by atoms with Crippen molar-refractivity contribution < 1.29 is 14.5 Å². The monoisotopic (exact) mass is 412 g/mol. The molecule has 1 aliphatic rings. The minimum atomic E-state index is -0.630. The summed E-state index contributed by atoms with van der Waals surface area (Å²) in [5.74, 6) is 0.153. The van der Waals surface area contributed by atoms with E-state index in [-0.39, 0.29) is 12.3 Å². The van der Waals surface area contributed by atoms with Crippen molar-refractivity contribution in [2.45, 2.75) is 23.4 Å². The molecule has 2 atom stereocenters. The van der Waals surface area contributed by atoms with Crippen LogP contribution in [0.5, 0.6) is 0 Å². The summed E-state index contributed by atoms with van der Waals surface area (Å²) >= 11 is 1.23. The molecule has 0 spiro atoms. The van der Waals surface area contributed by atoms with E-state index in [0.717, 1.165) is 5.56 Å². The Morgan fingerprint density at radius 1 is 1.31 bits per heavy atom. The summed E-state index contributed by atoms with van der Waals surface area (Å²) in [5.41, 5.74) is 4.72. The number of benzene rings is 1. The standard InChI is InChI=1S/C18H16N6O4S/c1-2-28-17(25)15-14(11-5-7-13(8-6-11)24(26)27)22-23-16(20-21-18(23)29-15)12-4-3-9-19-10-12/h3-10,14-15,22H,2H2,1H3/t14-,15-/m1/s1. The number of hydrogen-bond donors (Lipinski definition) is 1. The fourth-order valence-corrected chi connectivity index (χ4v) is 4.07. The highest BCUT2D eigenvalue weighted by atomic mass is 32.2. The Labute approximate surface area is 169 Å². The third-order valence-corrected chi connectivity index (χ3v) is 5.53. The topological polar surface area (TPSA) is 125 Å². The number of non-ortho nitro benzene ring substituents is 1. The maximum absolute atomic E-state index is 12.6. The minimum absolute atomic E-state index is 0.0223. The zero-order valence-electron chi connectivity index (χ0n) is 15.3. The van der Waals surface area contributed by atoms with Crippen molar-refractivity contribution in [3.05, 3.63) is 64.5 Å². The lowest BCUT2D eigenvalue weighted by Gasteiger charge is -2.32. The molecule has 0 fully saturated rings. The number of nitrogens with zero attached hydrogens (tertiary/aromatic N) is 5. The highest BCUT2D eigenvalue weighted by Gasteiger charge is 2.39. The van der Waals surface area contributed by atoms with E-state index in [4.69, 9.17) is 4.74 Å². The maximum atomic E-state index is 12.6. The minimum Gasteiger partial charge on any atom is -0.465 e. The van der Waals surface area contributed by atoms with Crippen LogP contribution in [-0.2, 0) is 9.53 Å². The first-order chi connectivity index (χ1) is 14.1. The summed E-state index contributed by atoms with van der Waals surface area (Å²) in [6.45, 7) is 1.99. The van der Waals surface area contributed by atoms with E-state index in [1.54, 1.807) is 42.2 Å². The summed E-state index contributed by atoms with van der Waals surface area (Å²) in [4.78, 5) is 27.2. The first-order valence-corrected chi connectivity index (χ1v) is 9.66. The Balaban J connectivity index is 1.73. The number of hydrogen-bond acceptors (Lipinski definition) is 9. The molecule has 0 unspecified atom stereocenters. The Hall–Kier alpha value is -3.47. The highest BCUT2D eigenvalue weighted by Crippen LogP contribution is 2.39. The van der Waals surface area contributed by atoms with Gasteiger partial charge in [-0.1, -0.05) is 23.9 Å². The molecule has 11 heteroatoms. The number of nitro benzene ring substituents is 1. The van der Waals surface area contributed by atoms with Crippen LogP contribution in [0.4, 0.5) is 5.69 Å². The number of nitro groups is 1. The van der Waals surface area contributed by atoms with Crippen LogP contribution in [0.15, 0.2) is 53.9 Å². The molecule has 3 heterocycles. The molecule has 0 saturated heterocycles. The number of fused-ring (bicyclic) bond motifs is 1. The molecule has 0 amide bonds. The number of carbonyl (C=O) groups excluding carboxylic acids is 1. The Kier molecular flexibility index (Phi) is 5.12. The van der Waals surface area contributed by atoms with Gasteiger partial charge in [-0.15, -0.1) is 10.2 Å². The Morgan fingerprint density at radius 3 is 2.76 bits per heavy atom. The van der Waals surface area contributed by atoms with Gasteiger partial charge in [-0.25, -0.2) is 4.68 Å². The van der Waals surface area contributed by atoms with Gasteiger partial charge in [-0.05, 0) is 24.6 Å². The largest absolute Gasteiger partial charge is 0.465 e. The molecule has 0 aliphatic carbocycles. The summed E-state index contributed by atoms with van der Waals surface area (Å²) in [6, 6.07) is 9.22. The van der Waals surface area contributed by atoms with Crippen LogP contribution in [0, 0.1) is 10.1 Å². The van der Waals surface area contributed by atoms with Gasteiger partial charge >= 0.3 is 5.97 Å². The summed E-state index contributed by atoms with van der Waals surface area (Å²) in [5, 5.41) is 19.2. The lowest BCUT2D eigenvalue weighted by atomic mass is 10.0. The third-order valence-electron chi connectivity index (χ3n) is 4.34. The van der Waals surface area contributed by atoms with Crippen molar-refractivity contribution in [3.8, 4) is 11.4 Å². The second kappa shape index (κ2) is 7.87. The van der Waals surface area contributed by atoms with Gasteiger partial charge in [0.2, 0.25) is 5.16 Å². The fourth-order valence-electron chi connectivity index (χ4n) is 2.99. The van der Waals surface area contributed by atoms with Gasteiger partial charge in [0.05, 0.1) is 17.6 Å². The molecule has 4 rings (SSSR count). The first kappa shape index (κ1) is 18.9.